The Morgan fingerprint density at radius 1 is 1.58 bits per heavy atom. The van der Waals surface area contributed by atoms with E-state index in [1.807, 2.05) is 13.8 Å². The third kappa shape index (κ3) is 3.09. The minimum Gasteiger partial charge on any atom is -0.376 e. The fourth-order valence-electron chi connectivity index (χ4n) is 1.15. The van der Waals surface area contributed by atoms with Gasteiger partial charge in [0.2, 0.25) is 0 Å². The Labute approximate surface area is 74.2 Å². The van der Waals surface area contributed by atoms with Crippen molar-refractivity contribution in [3.63, 3.8) is 0 Å². The monoisotopic (exact) mass is 173 g/mol. The van der Waals surface area contributed by atoms with Gasteiger partial charge in [-0.15, -0.1) is 0 Å². The lowest BCUT2D eigenvalue weighted by molar-refractivity contribution is -0.0598. The van der Waals surface area contributed by atoms with Gasteiger partial charge in [-0.05, 0) is 26.7 Å². The van der Waals surface area contributed by atoms with Crippen molar-refractivity contribution in [1.82, 2.24) is 0 Å². The van der Waals surface area contributed by atoms with Crippen molar-refractivity contribution >= 4 is 0 Å². The topological polar surface area (TPSA) is 44.5 Å². The van der Waals surface area contributed by atoms with Gasteiger partial charge in [0, 0.05) is 13.2 Å². The molecule has 0 radical (unpaired) electrons. The highest BCUT2D eigenvalue weighted by molar-refractivity contribution is 4.71. The second kappa shape index (κ2) is 4.21. The third-order valence-corrected chi connectivity index (χ3v) is 2.18. The predicted molar refractivity (Wildman–Crippen MR) is 48.1 cm³/mol. The van der Waals surface area contributed by atoms with Crippen LogP contribution in [0.5, 0.6) is 0 Å². The molecule has 0 bridgehead atoms. The molecular weight excluding hydrogens is 154 g/mol. The molecule has 1 saturated heterocycles. The van der Waals surface area contributed by atoms with Crippen molar-refractivity contribution < 1.29 is 9.47 Å². The molecule has 0 amide bonds. The van der Waals surface area contributed by atoms with Crippen LogP contribution in [-0.2, 0) is 9.47 Å². The van der Waals surface area contributed by atoms with Crippen molar-refractivity contribution in [3.8, 4) is 0 Å². The van der Waals surface area contributed by atoms with E-state index in [0.29, 0.717) is 19.3 Å². The second-order valence-corrected chi connectivity index (χ2v) is 3.91. The van der Waals surface area contributed by atoms with E-state index in [1.54, 1.807) is 0 Å². The Morgan fingerprint density at radius 3 is 2.83 bits per heavy atom. The fraction of sp³-hybridized carbons (Fsp3) is 1.00. The molecule has 0 aromatic rings. The molecule has 2 N–H and O–H groups in total. The summed E-state index contributed by atoms with van der Waals surface area (Å²) in [6.07, 6.45) is 2.59. The Balaban J connectivity index is 2.15. The Bertz CT molecular complexity index is 130. The standard InChI is InChI=1S/C9H19NO2/c1-9(2,7-10)12-6-8-4-3-5-11-8/h8H,3-7,10H2,1-2H3. The molecule has 12 heavy (non-hydrogen) atoms. The van der Waals surface area contributed by atoms with Crippen LogP contribution in [0.25, 0.3) is 0 Å². The van der Waals surface area contributed by atoms with E-state index in [9.17, 15) is 0 Å². The normalized spacial score (nSPS) is 24.8. The summed E-state index contributed by atoms with van der Waals surface area (Å²) in [6, 6.07) is 0. The van der Waals surface area contributed by atoms with Gasteiger partial charge in [-0.25, -0.2) is 0 Å². The summed E-state index contributed by atoms with van der Waals surface area (Å²) in [6.45, 7) is 6.13. The summed E-state index contributed by atoms with van der Waals surface area (Å²) in [5.74, 6) is 0. The lowest BCUT2D eigenvalue weighted by Gasteiger charge is -2.24. The Morgan fingerprint density at radius 2 is 2.33 bits per heavy atom. The molecule has 3 nitrogen and oxygen atoms in total. The number of hydrogen-bond donors (Lipinski definition) is 1. The first-order valence-electron chi connectivity index (χ1n) is 4.60. The summed E-state index contributed by atoms with van der Waals surface area (Å²) in [5, 5.41) is 0. The van der Waals surface area contributed by atoms with Crippen LogP contribution in [-0.4, -0.2) is 31.5 Å². The van der Waals surface area contributed by atoms with Gasteiger partial charge in [0.15, 0.2) is 0 Å². The first kappa shape index (κ1) is 9.96. The van der Waals surface area contributed by atoms with E-state index in [2.05, 4.69) is 0 Å². The lowest BCUT2D eigenvalue weighted by Crippen LogP contribution is -2.36. The van der Waals surface area contributed by atoms with E-state index in [-0.39, 0.29) is 5.60 Å². The molecule has 0 aliphatic carbocycles. The van der Waals surface area contributed by atoms with Gasteiger partial charge in [0.05, 0.1) is 18.3 Å². The molecule has 1 unspecified atom stereocenters. The van der Waals surface area contributed by atoms with E-state index in [0.717, 1.165) is 19.4 Å². The Hall–Kier alpha value is -0.120. The molecule has 1 fully saturated rings. The highest BCUT2D eigenvalue weighted by Gasteiger charge is 2.21. The highest BCUT2D eigenvalue weighted by Crippen LogP contribution is 2.15. The molecule has 1 rings (SSSR count). The van der Waals surface area contributed by atoms with Crippen LogP contribution in [0.4, 0.5) is 0 Å². The molecular formula is C9H19NO2. The van der Waals surface area contributed by atoms with Gasteiger partial charge >= 0.3 is 0 Å². The van der Waals surface area contributed by atoms with Gasteiger partial charge < -0.3 is 15.2 Å². The smallest absolute Gasteiger partial charge is 0.0809 e. The molecule has 1 heterocycles. The maximum absolute atomic E-state index is 5.61. The van der Waals surface area contributed by atoms with E-state index >= 15 is 0 Å². The van der Waals surface area contributed by atoms with Gasteiger partial charge in [-0.2, -0.15) is 0 Å². The molecule has 1 atom stereocenters. The fourth-order valence-corrected chi connectivity index (χ4v) is 1.15. The van der Waals surface area contributed by atoms with Crippen LogP contribution < -0.4 is 5.73 Å². The minimum absolute atomic E-state index is 0.202. The molecule has 0 saturated carbocycles. The van der Waals surface area contributed by atoms with E-state index in [4.69, 9.17) is 15.2 Å². The largest absolute Gasteiger partial charge is 0.376 e. The number of ether oxygens (including phenoxy) is 2. The molecule has 1 aliphatic rings. The number of hydrogen-bond acceptors (Lipinski definition) is 3. The lowest BCUT2D eigenvalue weighted by atomic mass is 10.1. The molecule has 3 heteroatoms. The van der Waals surface area contributed by atoms with E-state index in [1.165, 1.54) is 0 Å². The molecule has 72 valence electrons. The number of nitrogens with two attached hydrogens (primary N) is 1. The van der Waals surface area contributed by atoms with Crippen molar-refractivity contribution in [1.29, 1.82) is 0 Å². The zero-order valence-corrected chi connectivity index (χ0v) is 8.01. The van der Waals surface area contributed by atoms with Crippen LogP contribution in [0.2, 0.25) is 0 Å². The first-order chi connectivity index (χ1) is 5.64. The summed E-state index contributed by atoms with van der Waals surface area (Å²) in [5.41, 5.74) is 5.32. The van der Waals surface area contributed by atoms with Crippen molar-refractivity contribution in [2.24, 2.45) is 5.73 Å². The second-order valence-electron chi connectivity index (χ2n) is 3.91. The average molecular weight is 173 g/mol. The summed E-state index contributed by atoms with van der Waals surface area (Å²) in [4.78, 5) is 0. The molecule has 0 spiro atoms. The van der Waals surface area contributed by atoms with Crippen LogP contribution in [0, 0.1) is 0 Å². The van der Waals surface area contributed by atoms with Crippen molar-refractivity contribution in [2.45, 2.75) is 38.4 Å². The van der Waals surface area contributed by atoms with Crippen molar-refractivity contribution in [3.05, 3.63) is 0 Å². The maximum Gasteiger partial charge on any atom is 0.0809 e. The summed E-state index contributed by atoms with van der Waals surface area (Å²) < 4.78 is 11.0. The van der Waals surface area contributed by atoms with Crippen LogP contribution in [0.3, 0.4) is 0 Å². The average Bonchev–Trinajstić information content (AvgIpc) is 2.53. The van der Waals surface area contributed by atoms with Crippen LogP contribution >= 0.6 is 0 Å². The van der Waals surface area contributed by atoms with Crippen LogP contribution in [0.1, 0.15) is 26.7 Å². The zero-order valence-electron chi connectivity index (χ0n) is 8.01. The zero-order chi connectivity index (χ0) is 9.03. The number of rotatable bonds is 4. The maximum atomic E-state index is 5.61. The minimum atomic E-state index is -0.202. The first-order valence-corrected chi connectivity index (χ1v) is 4.60. The van der Waals surface area contributed by atoms with Gasteiger partial charge in [0.1, 0.15) is 0 Å². The van der Waals surface area contributed by atoms with Gasteiger partial charge in [0.25, 0.3) is 0 Å². The molecule has 0 aromatic heterocycles. The van der Waals surface area contributed by atoms with E-state index < -0.39 is 0 Å². The quantitative estimate of drug-likeness (QED) is 0.687. The molecule has 1 aliphatic heterocycles. The highest BCUT2D eigenvalue weighted by atomic mass is 16.5. The summed E-state index contributed by atoms with van der Waals surface area (Å²) in [7, 11) is 0. The van der Waals surface area contributed by atoms with Gasteiger partial charge in [-0.3, -0.25) is 0 Å². The van der Waals surface area contributed by atoms with Crippen molar-refractivity contribution in [2.75, 3.05) is 19.8 Å². The Kier molecular flexibility index (Phi) is 3.50. The van der Waals surface area contributed by atoms with Gasteiger partial charge in [-0.1, -0.05) is 0 Å². The third-order valence-electron chi connectivity index (χ3n) is 2.18. The molecule has 0 aromatic carbocycles. The van der Waals surface area contributed by atoms with Crippen LogP contribution in [0.15, 0.2) is 0 Å². The SMILES string of the molecule is CC(C)(CN)OCC1CCCO1. The predicted octanol–water partition coefficient (Wildman–Crippen LogP) is 0.919. The summed E-state index contributed by atoms with van der Waals surface area (Å²) >= 11 is 0.